The Labute approximate surface area is 141 Å². The Bertz CT molecular complexity index is 1050. The maximum absolute atomic E-state index is 13.3. The van der Waals surface area contributed by atoms with Gasteiger partial charge in [0, 0.05) is 17.1 Å². The van der Waals surface area contributed by atoms with Crippen molar-refractivity contribution in [3.8, 4) is 0 Å². The summed E-state index contributed by atoms with van der Waals surface area (Å²) in [5, 5.41) is 0.476. The van der Waals surface area contributed by atoms with Crippen LogP contribution in [-0.2, 0) is 16.1 Å². The van der Waals surface area contributed by atoms with Crippen LogP contribution in [0.5, 0.6) is 0 Å². The third kappa shape index (κ3) is 2.85. The zero-order valence-electron chi connectivity index (χ0n) is 13.7. The first kappa shape index (κ1) is 16.4. The van der Waals surface area contributed by atoms with Crippen molar-refractivity contribution in [1.82, 2.24) is 9.66 Å². The van der Waals surface area contributed by atoms with Crippen molar-refractivity contribution < 1.29 is 4.21 Å². The fourth-order valence-corrected chi connectivity index (χ4v) is 4.08. The molecule has 124 valence electrons. The van der Waals surface area contributed by atoms with Crippen molar-refractivity contribution in [1.29, 1.82) is 0 Å². The van der Waals surface area contributed by atoms with Crippen LogP contribution in [0.2, 0.25) is 0 Å². The number of hydrogen-bond donors (Lipinski definition) is 0. The van der Waals surface area contributed by atoms with Gasteiger partial charge in [-0.2, -0.15) is 4.68 Å². The molecule has 0 saturated heterocycles. The van der Waals surface area contributed by atoms with Crippen molar-refractivity contribution in [3.63, 3.8) is 0 Å². The van der Waals surface area contributed by atoms with Crippen LogP contribution < -0.4 is 5.56 Å². The summed E-state index contributed by atoms with van der Waals surface area (Å²) in [6.45, 7) is 3.71. The van der Waals surface area contributed by atoms with Gasteiger partial charge in [0.05, 0.1) is 20.6 Å². The van der Waals surface area contributed by atoms with Gasteiger partial charge < -0.3 is 0 Å². The molecule has 2 aromatic carbocycles. The second-order valence-corrected chi connectivity index (χ2v) is 7.83. The van der Waals surface area contributed by atoms with Crippen LogP contribution >= 0.6 is 0 Å². The molecule has 0 fully saturated rings. The molecule has 1 heterocycles. The SMILES string of the molecule is CCc1nc2ccccc2c(=O)n1N=S(=O)(CC)c1ccccc1. The summed E-state index contributed by atoms with van der Waals surface area (Å²) in [6, 6.07) is 16.2. The first-order valence-corrected chi connectivity index (χ1v) is 9.58. The summed E-state index contributed by atoms with van der Waals surface area (Å²) < 4.78 is 18.9. The Morgan fingerprint density at radius 3 is 2.38 bits per heavy atom. The zero-order valence-corrected chi connectivity index (χ0v) is 14.5. The van der Waals surface area contributed by atoms with Crippen molar-refractivity contribution in [2.45, 2.75) is 25.2 Å². The van der Waals surface area contributed by atoms with E-state index < -0.39 is 9.73 Å². The molecule has 1 atom stereocenters. The average molecular weight is 341 g/mol. The van der Waals surface area contributed by atoms with Crippen LogP contribution in [0.1, 0.15) is 19.7 Å². The van der Waals surface area contributed by atoms with Gasteiger partial charge in [0.15, 0.2) is 0 Å². The number of aryl methyl sites for hydroxylation is 1. The molecular formula is C18H19N3O2S. The lowest BCUT2D eigenvalue weighted by molar-refractivity contribution is 0.662. The molecular weight excluding hydrogens is 322 g/mol. The summed E-state index contributed by atoms with van der Waals surface area (Å²) in [6.07, 6.45) is 0.525. The van der Waals surface area contributed by atoms with E-state index in [1.54, 1.807) is 30.3 Å². The van der Waals surface area contributed by atoms with E-state index in [2.05, 4.69) is 9.46 Å². The molecule has 0 spiro atoms. The predicted octanol–water partition coefficient (Wildman–Crippen LogP) is 3.27. The molecule has 3 rings (SSSR count). The Morgan fingerprint density at radius 1 is 1.04 bits per heavy atom. The lowest BCUT2D eigenvalue weighted by atomic mass is 10.2. The van der Waals surface area contributed by atoms with Crippen molar-refractivity contribution in [2.24, 2.45) is 4.47 Å². The second kappa shape index (κ2) is 6.57. The quantitative estimate of drug-likeness (QED) is 0.731. The van der Waals surface area contributed by atoms with Gasteiger partial charge in [-0.25, -0.2) is 9.19 Å². The number of para-hydroxylation sites is 1. The summed E-state index contributed by atoms with van der Waals surface area (Å²) in [7, 11) is -2.73. The molecule has 0 bridgehead atoms. The lowest BCUT2D eigenvalue weighted by Gasteiger charge is -2.12. The summed E-state index contributed by atoms with van der Waals surface area (Å²) >= 11 is 0. The standard InChI is InChI=1S/C18H19N3O2S/c1-3-17-19-16-13-9-8-12-15(16)18(22)21(17)20-24(23,4-2)14-10-6-5-7-11-14/h5-13H,3-4H2,1-2H3. The number of nitrogens with zero attached hydrogens (tertiary/aromatic N) is 3. The number of fused-ring (bicyclic) bond motifs is 1. The van der Waals surface area contributed by atoms with Gasteiger partial charge in [0.25, 0.3) is 5.56 Å². The molecule has 1 aromatic heterocycles. The predicted molar refractivity (Wildman–Crippen MR) is 96.6 cm³/mol. The fourth-order valence-electron chi connectivity index (χ4n) is 2.52. The molecule has 0 saturated carbocycles. The minimum absolute atomic E-state index is 0.283. The van der Waals surface area contributed by atoms with Crippen molar-refractivity contribution >= 4 is 20.6 Å². The van der Waals surface area contributed by atoms with E-state index in [-0.39, 0.29) is 5.56 Å². The molecule has 0 amide bonds. The third-order valence-electron chi connectivity index (χ3n) is 3.85. The van der Waals surface area contributed by atoms with Gasteiger partial charge in [-0.05, 0) is 24.3 Å². The molecule has 24 heavy (non-hydrogen) atoms. The fraction of sp³-hybridized carbons (Fsp3) is 0.222. The topological polar surface area (TPSA) is 64.3 Å². The molecule has 0 aliphatic carbocycles. The van der Waals surface area contributed by atoms with Crippen molar-refractivity contribution in [2.75, 3.05) is 5.75 Å². The van der Waals surface area contributed by atoms with Crippen LogP contribution in [0.25, 0.3) is 10.9 Å². The van der Waals surface area contributed by atoms with Gasteiger partial charge >= 0.3 is 0 Å². The van der Waals surface area contributed by atoms with E-state index in [4.69, 9.17) is 0 Å². The minimum atomic E-state index is -2.73. The summed E-state index contributed by atoms with van der Waals surface area (Å²) in [5.41, 5.74) is 0.350. The van der Waals surface area contributed by atoms with Crippen molar-refractivity contribution in [3.05, 3.63) is 70.8 Å². The number of hydrogen-bond acceptors (Lipinski definition) is 4. The van der Waals surface area contributed by atoms with E-state index in [9.17, 15) is 9.00 Å². The maximum atomic E-state index is 13.3. The van der Waals surface area contributed by atoms with Crippen LogP contribution in [-0.4, -0.2) is 19.6 Å². The van der Waals surface area contributed by atoms with Crippen LogP contribution in [0.3, 0.4) is 0 Å². The molecule has 6 heteroatoms. The van der Waals surface area contributed by atoms with Gasteiger partial charge in [-0.15, -0.1) is 4.47 Å². The normalized spacial score (nSPS) is 13.6. The van der Waals surface area contributed by atoms with Gasteiger partial charge in [0.1, 0.15) is 5.82 Å². The van der Waals surface area contributed by atoms with Gasteiger partial charge in [0.2, 0.25) is 0 Å². The number of benzene rings is 2. The Morgan fingerprint density at radius 2 is 1.71 bits per heavy atom. The van der Waals surface area contributed by atoms with E-state index in [1.165, 1.54) is 4.68 Å². The second-order valence-electron chi connectivity index (χ2n) is 5.34. The largest absolute Gasteiger partial charge is 0.282 e. The molecule has 0 aliphatic rings. The highest BCUT2D eigenvalue weighted by molar-refractivity contribution is 7.93. The Hall–Kier alpha value is -2.47. The highest BCUT2D eigenvalue weighted by atomic mass is 32.2. The number of rotatable bonds is 4. The molecule has 0 radical (unpaired) electrons. The maximum Gasteiger partial charge on any atom is 0.282 e. The van der Waals surface area contributed by atoms with Crippen LogP contribution in [0, 0.1) is 0 Å². The highest BCUT2D eigenvalue weighted by Gasteiger charge is 2.14. The molecule has 1 unspecified atom stereocenters. The van der Waals surface area contributed by atoms with E-state index in [1.807, 2.05) is 38.1 Å². The third-order valence-corrected chi connectivity index (χ3v) is 6.07. The Kier molecular flexibility index (Phi) is 4.49. The number of aromatic nitrogens is 2. The average Bonchev–Trinajstić information content (AvgIpc) is 2.64. The first-order valence-electron chi connectivity index (χ1n) is 7.90. The minimum Gasteiger partial charge on any atom is -0.267 e. The van der Waals surface area contributed by atoms with Gasteiger partial charge in [-0.1, -0.05) is 44.2 Å². The summed E-state index contributed by atoms with van der Waals surface area (Å²) in [5.74, 6) is 0.829. The van der Waals surface area contributed by atoms with E-state index >= 15 is 0 Å². The van der Waals surface area contributed by atoms with E-state index in [0.29, 0.717) is 33.8 Å². The first-order chi connectivity index (χ1) is 11.6. The monoisotopic (exact) mass is 341 g/mol. The lowest BCUT2D eigenvalue weighted by Crippen LogP contribution is -2.24. The zero-order chi connectivity index (χ0) is 17.2. The molecule has 5 nitrogen and oxygen atoms in total. The van der Waals surface area contributed by atoms with Gasteiger partial charge in [-0.3, -0.25) is 4.79 Å². The summed E-state index contributed by atoms with van der Waals surface area (Å²) in [4.78, 5) is 18.0. The highest BCUT2D eigenvalue weighted by Crippen LogP contribution is 2.15. The molecule has 0 N–H and O–H groups in total. The molecule has 0 aliphatic heterocycles. The Balaban J connectivity index is 2.35. The smallest absolute Gasteiger partial charge is 0.267 e. The molecule has 3 aromatic rings. The van der Waals surface area contributed by atoms with E-state index in [0.717, 1.165) is 0 Å². The van der Waals surface area contributed by atoms with Crippen LogP contribution in [0.4, 0.5) is 0 Å². The van der Waals surface area contributed by atoms with Crippen LogP contribution in [0.15, 0.2) is 68.8 Å².